The quantitative estimate of drug-likeness (QED) is 0.626. The van der Waals surface area contributed by atoms with E-state index in [0.29, 0.717) is 42.6 Å². The van der Waals surface area contributed by atoms with Gasteiger partial charge in [-0.05, 0) is 31.2 Å². The second-order valence-corrected chi connectivity index (χ2v) is 8.42. The molecule has 32 heavy (non-hydrogen) atoms. The van der Waals surface area contributed by atoms with Crippen LogP contribution in [0, 0.1) is 5.41 Å². The van der Waals surface area contributed by atoms with E-state index in [1.54, 1.807) is 7.11 Å². The number of fused-ring (bicyclic) bond motifs is 2. The van der Waals surface area contributed by atoms with Crippen LogP contribution in [0.1, 0.15) is 12.5 Å². The standard InChI is InChI=1S/C24H29ClN4O3/c1-24(16-25,23(30)29(13-14-31-2)21-15-26-11-12-27-21)22-17-7-3-5-9-19(17)32-20-10-6-4-8-18(20)28-22/h3-10,21,26-27H,11-16H2,1-2H3. The van der Waals surface area contributed by atoms with Gasteiger partial charge < -0.3 is 19.7 Å². The molecule has 1 saturated heterocycles. The maximum Gasteiger partial charge on any atom is 0.237 e. The minimum Gasteiger partial charge on any atom is -0.454 e. The Labute approximate surface area is 193 Å². The molecule has 2 aromatic rings. The first kappa shape index (κ1) is 22.7. The fourth-order valence-corrected chi connectivity index (χ4v) is 4.33. The van der Waals surface area contributed by atoms with E-state index in [0.717, 1.165) is 18.7 Å². The van der Waals surface area contributed by atoms with E-state index in [4.69, 9.17) is 26.1 Å². The Morgan fingerprint density at radius 3 is 2.69 bits per heavy atom. The monoisotopic (exact) mass is 456 g/mol. The zero-order chi connectivity index (χ0) is 22.6. The molecule has 0 aliphatic carbocycles. The van der Waals surface area contributed by atoms with Crippen molar-refractivity contribution >= 4 is 28.9 Å². The number of methoxy groups -OCH3 is 1. The number of rotatable bonds is 7. The zero-order valence-corrected chi connectivity index (χ0v) is 19.2. The third-order valence-electron chi connectivity index (χ3n) is 5.91. The number of amides is 1. The highest BCUT2D eigenvalue weighted by Crippen LogP contribution is 2.42. The molecule has 4 rings (SSSR count). The number of alkyl halides is 1. The summed E-state index contributed by atoms with van der Waals surface area (Å²) in [7, 11) is 1.63. The molecule has 2 aliphatic heterocycles. The van der Waals surface area contributed by atoms with Crippen LogP contribution in [-0.4, -0.2) is 68.5 Å². The van der Waals surface area contributed by atoms with E-state index in [1.165, 1.54) is 0 Å². The van der Waals surface area contributed by atoms with Gasteiger partial charge in [-0.2, -0.15) is 0 Å². The number of halogens is 1. The second-order valence-electron chi connectivity index (χ2n) is 8.16. The highest BCUT2D eigenvalue weighted by atomic mass is 35.5. The number of nitrogens with one attached hydrogen (secondary N) is 2. The molecule has 0 saturated carbocycles. The number of aliphatic imine (C=N–C) groups is 1. The van der Waals surface area contributed by atoms with Crippen molar-refractivity contribution in [1.82, 2.24) is 15.5 Å². The average molecular weight is 457 g/mol. The van der Waals surface area contributed by atoms with Gasteiger partial charge in [0.15, 0.2) is 5.75 Å². The third-order valence-corrected chi connectivity index (χ3v) is 6.45. The lowest BCUT2D eigenvalue weighted by Crippen LogP contribution is -2.62. The number of piperazine rings is 1. The van der Waals surface area contributed by atoms with Gasteiger partial charge in [-0.15, -0.1) is 11.6 Å². The first-order valence-electron chi connectivity index (χ1n) is 10.8. The summed E-state index contributed by atoms with van der Waals surface area (Å²) in [6.45, 7) is 5.04. The van der Waals surface area contributed by atoms with Gasteiger partial charge in [-0.25, -0.2) is 4.99 Å². The smallest absolute Gasteiger partial charge is 0.237 e. The number of benzene rings is 2. The van der Waals surface area contributed by atoms with Gasteiger partial charge in [0.1, 0.15) is 16.9 Å². The van der Waals surface area contributed by atoms with Crippen molar-refractivity contribution in [2.45, 2.75) is 13.1 Å². The molecular formula is C24H29ClN4O3. The van der Waals surface area contributed by atoms with Gasteiger partial charge in [-0.3, -0.25) is 10.1 Å². The first-order valence-corrected chi connectivity index (χ1v) is 11.4. The number of para-hydroxylation sites is 3. The lowest BCUT2D eigenvalue weighted by molar-refractivity contribution is -0.141. The van der Waals surface area contributed by atoms with Gasteiger partial charge >= 0.3 is 0 Å². The van der Waals surface area contributed by atoms with Crippen LogP contribution in [0.25, 0.3) is 0 Å². The van der Waals surface area contributed by atoms with Gasteiger partial charge in [0, 0.05) is 44.7 Å². The summed E-state index contributed by atoms with van der Waals surface area (Å²) in [6.07, 6.45) is -0.154. The molecule has 0 spiro atoms. The lowest BCUT2D eigenvalue weighted by atomic mass is 9.81. The highest BCUT2D eigenvalue weighted by Gasteiger charge is 2.45. The fourth-order valence-electron chi connectivity index (χ4n) is 4.09. The Morgan fingerprint density at radius 1 is 1.22 bits per heavy atom. The first-order chi connectivity index (χ1) is 15.6. The van der Waals surface area contributed by atoms with E-state index in [-0.39, 0.29) is 18.0 Å². The van der Waals surface area contributed by atoms with Crippen LogP contribution >= 0.6 is 11.6 Å². The van der Waals surface area contributed by atoms with Crippen LogP contribution in [-0.2, 0) is 9.53 Å². The summed E-state index contributed by atoms with van der Waals surface area (Å²) in [5, 5.41) is 6.79. The Morgan fingerprint density at radius 2 is 1.97 bits per heavy atom. The van der Waals surface area contributed by atoms with Crippen molar-refractivity contribution in [2.75, 3.05) is 45.8 Å². The van der Waals surface area contributed by atoms with Gasteiger partial charge in [-0.1, -0.05) is 24.3 Å². The third kappa shape index (κ3) is 4.38. The molecule has 0 radical (unpaired) electrons. The summed E-state index contributed by atoms with van der Waals surface area (Å²) in [5.74, 6) is 1.28. The van der Waals surface area contributed by atoms with Crippen molar-refractivity contribution in [3.05, 3.63) is 54.1 Å². The molecule has 2 heterocycles. The molecular weight excluding hydrogens is 428 g/mol. The average Bonchev–Trinajstić information content (AvgIpc) is 3.01. The number of hydrogen-bond donors (Lipinski definition) is 2. The zero-order valence-electron chi connectivity index (χ0n) is 18.4. The van der Waals surface area contributed by atoms with Crippen molar-refractivity contribution in [3.8, 4) is 11.5 Å². The predicted molar refractivity (Wildman–Crippen MR) is 126 cm³/mol. The van der Waals surface area contributed by atoms with Crippen LogP contribution in [0.2, 0.25) is 0 Å². The molecule has 1 fully saturated rings. The van der Waals surface area contributed by atoms with Gasteiger partial charge in [0.25, 0.3) is 0 Å². The molecule has 0 aromatic heterocycles. The van der Waals surface area contributed by atoms with Crippen molar-refractivity contribution < 1.29 is 14.3 Å². The minimum atomic E-state index is -1.08. The molecule has 0 bridgehead atoms. The summed E-state index contributed by atoms with van der Waals surface area (Å²) >= 11 is 6.56. The normalized spacial score (nSPS) is 19.5. The molecule has 170 valence electrons. The van der Waals surface area contributed by atoms with Crippen molar-refractivity contribution in [1.29, 1.82) is 0 Å². The van der Waals surface area contributed by atoms with E-state index in [2.05, 4.69) is 10.6 Å². The second kappa shape index (κ2) is 10.0. The number of nitrogens with zero attached hydrogens (tertiary/aromatic N) is 2. The maximum absolute atomic E-state index is 14.1. The van der Waals surface area contributed by atoms with Gasteiger partial charge in [0.05, 0.1) is 18.5 Å². The van der Waals surface area contributed by atoms with Gasteiger partial charge in [0.2, 0.25) is 5.91 Å². The largest absolute Gasteiger partial charge is 0.454 e. The molecule has 2 aromatic carbocycles. The molecule has 8 heteroatoms. The number of carbonyl (C=O) groups excluding carboxylic acids is 1. The Hall–Kier alpha value is -2.45. The fraction of sp³-hybridized carbons (Fsp3) is 0.417. The summed E-state index contributed by atoms with van der Waals surface area (Å²) in [4.78, 5) is 20.9. The predicted octanol–water partition coefficient (Wildman–Crippen LogP) is 3.15. The Kier molecular flexibility index (Phi) is 7.10. The molecule has 2 aliphatic rings. The topological polar surface area (TPSA) is 75.2 Å². The Bertz CT molecular complexity index is 993. The number of hydrogen-bond acceptors (Lipinski definition) is 6. The minimum absolute atomic E-state index is 0.0742. The Balaban J connectivity index is 1.80. The van der Waals surface area contributed by atoms with E-state index < -0.39 is 5.41 Å². The van der Waals surface area contributed by atoms with E-state index >= 15 is 0 Å². The van der Waals surface area contributed by atoms with Crippen LogP contribution in [0.15, 0.2) is 53.5 Å². The maximum atomic E-state index is 14.1. The molecule has 7 nitrogen and oxygen atoms in total. The highest BCUT2D eigenvalue weighted by molar-refractivity contribution is 6.27. The lowest BCUT2D eigenvalue weighted by Gasteiger charge is -2.40. The molecule has 2 N–H and O–H groups in total. The van der Waals surface area contributed by atoms with Crippen LogP contribution in [0.5, 0.6) is 11.5 Å². The summed E-state index contributed by atoms with van der Waals surface area (Å²) < 4.78 is 11.5. The van der Waals surface area contributed by atoms with Crippen molar-refractivity contribution in [3.63, 3.8) is 0 Å². The van der Waals surface area contributed by atoms with Crippen LogP contribution in [0.3, 0.4) is 0 Å². The van der Waals surface area contributed by atoms with Crippen molar-refractivity contribution in [2.24, 2.45) is 10.4 Å². The number of carbonyl (C=O) groups is 1. The van der Waals surface area contributed by atoms with E-state index in [1.807, 2.05) is 60.4 Å². The SMILES string of the molecule is COCCN(C(=O)C(C)(CCl)C1=Nc2ccccc2Oc2ccccc21)C1CNCCN1. The van der Waals surface area contributed by atoms with Crippen LogP contribution < -0.4 is 15.4 Å². The summed E-state index contributed by atoms with van der Waals surface area (Å²) in [6, 6.07) is 15.2. The summed E-state index contributed by atoms with van der Waals surface area (Å²) in [5.41, 5.74) is 0.959. The molecule has 2 atom stereocenters. The van der Waals surface area contributed by atoms with E-state index in [9.17, 15) is 4.79 Å². The molecule has 1 amide bonds. The molecule has 2 unspecified atom stereocenters. The number of ether oxygens (including phenoxy) is 2. The van der Waals surface area contributed by atoms with Crippen LogP contribution in [0.4, 0.5) is 5.69 Å².